The van der Waals surface area contributed by atoms with Crippen molar-refractivity contribution in [1.82, 2.24) is 9.97 Å². The fraction of sp³-hybridized carbons (Fsp3) is 0.667. The van der Waals surface area contributed by atoms with E-state index in [2.05, 4.69) is 9.97 Å². The van der Waals surface area contributed by atoms with Crippen molar-refractivity contribution in [2.24, 2.45) is 17.6 Å². The number of aryl methyl sites for hydroxylation is 1. The van der Waals surface area contributed by atoms with Gasteiger partial charge in [-0.25, -0.2) is 14.4 Å². The summed E-state index contributed by atoms with van der Waals surface area (Å²) < 4.78 is 14.0. The SMILES string of the molecule is Cc1ncnc(N2C[C@H]3CC[C@@H](C2)[C@@H]3N)c1F. The van der Waals surface area contributed by atoms with Crippen molar-refractivity contribution < 1.29 is 4.39 Å². The normalized spacial score (nSPS) is 31.9. The maximum absolute atomic E-state index is 14.0. The van der Waals surface area contributed by atoms with Crippen LogP contribution < -0.4 is 10.6 Å². The molecule has 1 aliphatic carbocycles. The minimum atomic E-state index is -0.289. The van der Waals surface area contributed by atoms with Gasteiger partial charge in [0.1, 0.15) is 6.33 Å². The van der Waals surface area contributed by atoms with E-state index < -0.39 is 0 Å². The minimum absolute atomic E-state index is 0.289. The first-order chi connectivity index (χ1) is 8.16. The molecular formula is C12H17FN4. The lowest BCUT2D eigenvalue weighted by molar-refractivity contribution is 0.352. The maximum atomic E-state index is 14.0. The molecule has 4 nitrogen and oxygen atoms in total. The molecule has 3 rings (SSSR count). The van der Waals surface area contributed by atoms with Crippen LogP contribution in [0.25, 0.3) is 0 Å². The molecule has 2 N–H and O–H groups in total. The van der Waals surface area contributed by atoms with Crippen molar-refractivity contribution in [2.45, 2.75) is 25.8 Å². The van der Waals surface area contributed by atoms with Gasteiger partial charge in [0.2, 0.25) is 0 Å². The van der Waals surface area contributed by atoms with Crippen molar-refractivity contribution in [3.05, 3.63) is 17.8 Å². The number of fused-ring (bicyclic) bond motifs is 2. The van der Waals surface area contributed by atoms with E-state index in [1.165, 1.54) is 6.33 Å². The van der Waals surface area contributed by atoms with E-state index in [9.17, 15) is 4.39 Å². The van der Waals surface area contributed by atoms with E-state index in [0.717, 1.165) is 25.9 Å². The van der Waals surface area contributed by atoms with E-state index >= 15 is 0 Å². The Labute approximate surface area is 100 Å². The lowest BCUT2D eigenvalue weighted by Crippen LogP contribution is -2.49. The Morgan fingerprint density at radius 3 is 2.59 bits per heavy atom. The molecule has 0 aromatic carbocycles. The predicted octanol–water partition coefficient (Wildman–Crippen LogP) is 1.10. The summed E-state index contributed by atoms with van der Waals surface area (Å²) in [4.78, 5) is 9.99. The molecule has 5 heteroatoms. The molecule has 1 saturated carbocycles. The summed E-state index contributed by atoms with van der Waals surface area (Å²) >= 11 is 0. The Morgan fingerprint density at radius 2 is 1.94 bits per heavy atom. The molecule has 0 unspecified atom stereocenters. The van der Waals surface area contributed by atoms with Crippen LogP contribution in [-0.2, 0) is 0 Å². The third kappa shape index (κ3) is 1.69. The van der Waals surface area contributed by atoms with Gasteiger partial charge in [-0.05, 0) is 31.6 Å². The molecule has 1 saturated heterocycles. The van der Waals surface area contributed by atoms with Crippen LogP contribution in [-0.4, -0.2) is 29.1 Å². The van der Waals surface area contributed by atoms with Gasteiger partial charge < -0.3 is 10.6 Å². The van der Waals surface area contributed by atoms with E-state index in [1.807, 2.05) is 4.90 Å². The van der Waals surface area contributed by atoms with Crippen LogP contribution in [0.15, 0.2) is 6.33 Å². The maximum Gasteiger partial charge on any atom is 0.186 e. The first kappa shape index (κ1) is 10.9. The molecule has 92 valence electrons. The van der Waals surface area contributed by atoms with E-state index in [1.54, 1.807) is 6.92 Å². The monoisotopic (exact) mass is 236 g/mol. The Kier molecular flexibility index (Phi) is 2.50. The van der Waals surface area contributed by atoms with Crippen LogP contribution >= 0.6 is 0 Å². The molecule has 2 aliphatic rings. The second-order valence-electron chi connectivity index (χ2n) is 5.18. The number of anilines is 1. The first-order valence-electron chi connectivity index (χ1n) is 6.14. The Morgan fingerprint density at radius 1 is 1.29 bits per heavy atom. The number of halogens is 1. The van der Waals surface area contributed by atoms with Crippen molar-refractivity contribution in [2.75, 3.05) is 18.0 Å². The molecule has 0 spiro atoms. The fourth-order valence-corrected chi connectivity index (χ4v) is 3.10. The van der Waals surface area contributed by atoms with Gasteiger partial charge >= 0.3 is 0 Å². The summed E-state index contributed by atoms with van der Waals surface area (Å²) in [5, 5.41) is 0. The fourth-order valence-electron chi connectivity index (χ4n) is 3.10. The van der Waals surface area contributed by atoms with Gasteiger partial charge in [-0.2, -0.15) is 0 Å². The standard InChI is InChI=1S/C12H17FN4/c1-7-10(13)12(16-6-15-7)17-4-8-2-3-9(5-17)11(8)14/h6,8-9,11H,2-5,14H2,1H3/t8-,9+,11-. The van der Waals surface area contributed by atoms with Gasteiger partial charge in [0, 0.05) is 19.1 Å². The summed E-state index contributed by atoms with van der Waals surface area (Å²) in [5.41, 5.74) is 6.55. The Balaban J connectivity index is 1.89. The smallest absolute Gasteiger partial charge is 0.186 e. The molecule has 1 aromatic rings. The largest absolute Gasteiger partial charge is 0.353 e. The van der Waals surface area contributed by atoms with Crippen LogP contribution in [0.1, 0.15) is 18.5 Å². The molecule has 1 aliphatic heterocycles. The predicted molar refractivity (Wildman–Crippen MR) is 63.1 cm³/mol. The number of aromatic nitrogens is 2. The van der Waals surface area contributed by atoms with Crippen molar-refractivity contribution in [1.29, 1.82) is 0 Å². The van der Waals surface area contributed by atoms with Gasteiger partial charge in [0.15, 0.2) is 11.6 Å². The van der Waals surface area contributed by atoms with Crippen molar-refractivity contribution in [3.8, 4) is 0 Å². The number of hydrogen-bond donors (Lipinski definition) is 1. The molecule has 0 amide bonds. The van der Waals surface area contributed by atoms with Crippen molar-refractivity contribution in [3.63, 3.8) is 0 Å². The number of nitrogens with zero attached hydrogens (tertiary/aromatic N) is 3. The topological polar surface area (TPSA) is 55.0 Å². The summed E-state index contributed by atoms with van der Waals surface area (Å²) in [6, 6.07) is 0.289. The van der Waals surface area contributed by atoms with Crippen LogP contribution in [0.4, 0.5) is 10.2 Å². The van der Waals surface area contributed by atoms with Crippen LogP contribution in [0.2, 0.25) is 0 Å². The second-order valence-corrected chi connectivity index (χ2v) is 5.18. The summed E-state index contributed by atoms with van der Waals surface area (Å²) in [6.45, 7) is 3.32. The average molecular weight is 236 g/mol. The van der Waals surface area contributed by atoms with Crippen LogP contribution in [0, 0.1) is 24.6 Å². The summed E-state index contributed by atoms with van der Waals surface area (Å²) in [5.74, 6) is 1.13. The molecule has 3 atom stereocenters. The molecule has 2 fully saturated rings. The highest BCUT2D eigenvalue weighted by atomic mass is 19.1. The zero-order valence-corrected chi connectivity index (χ0v) is 9.93. The molecule has 0 radical (unpaired) electrons. The second kappa shape index (κ2) is 3.91. The zero-order chi connectivity index (χ0) is 12.0. The molecule has 1 aromatic heterocycles. The lowest BCUT2D eigenvalue weighted by Gasteiger charge is -2.36. The first-order valence-corrected chi connectivity index (χ1v) is 6.14. The van der Waals surface area contributed by atoms with E-state index in [0.29, 0.717) is 23.3 Å². The molecule has 2 bridgehead atoms. The van der Waals surface area contributed by atoms with Crippen LogP contribution in [0.5, 0.6) is 0 Å². The Bertz CT molecular complexity index is 423. The van der Waals surface area contributed by atoms with Gasteiger partial charge in [0.25, 0.3) is 0 Å². The molecular weight excluding hydrogens is 219 g/mol. The highest BCUT2D eigenvalue weighted by Crippen LogP contribution is 2.37. The number of nitrogens with two attached hydrogens (primary N) is 1. The quantitative estimate of drug-likeness (QED) is 0.793. The average Bonchev–Trinajstić information content (AvgIpc) is 2.54. The summed E-state index contributed by atoms with van der Waals surface area (Å²) in [7, 11) is 0. The van der Waals surface area contributed by atoms with Crippen LogP contribution in [0.3, 0.4) is 0 Å². The third-order valence-corrected chi connectivity index (χ3v) is 4.15. The molecule has 2 heterocycles. The van der Waals surface area contributed by atoms with Gasteiger partial charge in [0.05, 0.1) is 5.69 Å². The highest BCUT2D eigenvalue weighted by Gasteiger charge is 2.40. The minimum Gasteiger partial charge on any atom is -0.353 e. The van der Waals surface area contributed by atoms with Crippen molar-refractivity contribution >= 4 is 5.82 Å². The highest BCUT2D eigenvalue weighted by molar-refractivity contribution is 5.42. The van der Waals surface area contributed by atoms with Gasteiger partial charge in [-0.15, -0.1) is 0 Å². The number of piperidine rings is 1. The molecule has 17 heavy (non-hydrogen) atoms. The number of hydrogen-bond acceptors (Lipinski definition) is 4. The third-order valence-electron chi connectivity index (χ3n) is 4.15. The summed E-state index contributed by atoms with van der Waals surface area (Å²) in [6.07, 6.45) is 3.76. The van der Waals surface area contributed by atoms with E-state index in [4.69, 9.17) is 5.73 Å². The Hall–Kier alpha value is -1.23. The lowest BCUT2D eigenvalue weighted by atomic mass is 9.93. The zero-order valence-electron chi connectivity index (χ0n) is 9.93. The number of rotatable bonds is 1. The van der Waals surface area contributed by atoms with Gasteiger partial charge in [-0.1, -0.05) is 0 Å². The van der Waals surface area contributed by atoms with Gasteiger partial charge in [-0.3, -0.25) is 0 Å². The van der Waals surface area contributed by atoms with E-state index in [-0.39, 0.29) is 11.9 Å².